The molecule has 0 radical (unpaired) electrons. The first kappa shape index (κ1) is 13.1. The normalized spacial score (nSPS) is 10.4. The van der Waals surface area contributed by atoms with E-state index >= 15 is 0 Å². The van der Waals surface area contributed by atoms with Crippen LogP contribution in [-0.4, -0.2) is 16.0 Å². The molecule has 3 heteroatoms. The van der Waals surface area contributed by atoms with Gasteiger partial charge in [-0.15, -0.1) is 0 Å². The van der Waals surface area contributed by atoms with Gasteiger partial charge in [0, 0.05) is 11.1 Å². The van der Waals surface area contributed by atoms with E-state index in [0.29, 0.717) is 23.1 Å². The maximum Gasteiger partial charge on any atom is 0.193 e. The molecule has 2 aromatic rings. The van der Waals surface area contributed by atoms with Crippen LogP contribution in [0.25, 0.3) is 0 Å². The van der Waals surface area contributed by atoms with Crippen LogP contribution in [-0.2, 0) is 6.42 Å². The Kier molecular flexibility index (Phi) is 3.56. The Labute approximate surface area is 112 Å². The van der Waals surface area contributed by atoms with E-state index in [1.807, 2.05) is 26.0 Å². The Morgan fingerprint density at radius 2 is 1.68 bits per heavy atom. The number of rotatable bonds is 3. The van der Waals surface area contributed by atoms with Gasteiger partial charge in [-0.1, -0.05) is 36.8 Å². The predicted octanol–water partition coefficient (Wildman–Crippen LogP) is 3.20. The van der Waals surface area contributed by atoms with Crippen LogP contribution in [0.2, 0.25) is 0 Å². The number of hydrogen-bond acceptors (Lipinski definition) is 3. The largest absolute Gasteiger partial charge is 0.504 e. The van der Waals surface area contributed by atoms with E-state index in [2.05, 4.69) is 0 Å². The second-order valence-electron chi connectivity index (χ2n) is 4.55. The van der Waals surface area contributed by atoms with Crippen molar-refractivity contribution < 1.29 is 15.0 Å². The molecule has 0 aromatic heterocycles. The summed E-state index contributed by atoms with van der Waals surface area (Å²) >= 11 is 0. The fraction of sp³-hybridized carbons (Fsp3) is 0.188. The summed E-state index contributed by atoms with van der Waals surface area (Å²) in [6.45, 7) is 3.81. The quantitative estimate of drug-likeness (QED) is 0.655. The molecule has 19 heavy (non-hydrogen) atoms. The van der Waals surface area contributed by atoms with Gasteiger partial charge in [-0.25, -0.2) is 0 Å². The average Bonchev–Trinajstić information content (AvgIpc) is 2.41. The first-order valence-corrected chi connectivity index (χ1v) is 6.19. The summed E-state index contributed by atoms with van der Waals surface area (Å²) in [7, 11) is 0. The van der Waals surface area contributed by atoms with Gasteiger partial charge >= 0.3 is 0 Å². The zero-order valence-corrected chi connectivity index (χ0v) is 11.0. The molecular weight excluding hydrogens is 240 g/mol. The number of hydrogen-bond donors (Lipinski definition) is 2. The van der Waals surface area contributed by atoms with Crippen LogP contribution >= 0.6 is 0 Å². The molecule has 0 unspecified atom stereocenters. The van der Waals surface area contributed by atoms with Crippen molar-refractivity contribution >= 4 is 5.78 Å². The first-order valence-electron chi connectivity index (χ1n) is 6.19. The zero-order valence-electron chi connectivity index (χ0n) is 11.0. The summed E-state index contributed by atoms with van der Waals surface area (Å²) in [6.07, 6.45) is 0.550. The Morgan fingerprint density at radius 1 is 1.05 bits per heavy atom. The monoisotopic (exact) mass is 256 g/mol. The number of aryl methyl sites for hydroxylation is 2. The van der Waals surface area contributed by atoms with E-state index in [1.54, 1.807) is 18.2 Å². The lowest BCUT2D eigenvalue weighted by molar-refractivity contribution is 0.103. The van der Waals surface area contributed by atoms with Gasteiger partial charge in [0.25, 0.3) is 0 Å². The summed E-state index contributed by atoms with van der Waals surface area (Å²) in [5.74, 6) is -0.567. The topological polar surface area (TPSA) is 57.5 Å². The highest BCUT2D eigenvalue weighted by molar-refractivity contribution is 6.09. The molecule has 0 aliphatic carbocycles. The Morgan fingerprint density at radius 3 is 2.26 bits per heavy atom. The molecule has 0 bridgehead atoms. The van der Waals surface area contributed by atoms with Gasteiger partial charge in [0.1, 0.15) is 0 Å². The minimum Gasteiger partial charge on any atom is -0.504 e. The van der Waals surface area contributed by atoms with E-state index < -0.39 is 0 Å². The molecule has 0 saturated heterocycles. The highest BCUT2D eigenvalue weighted by atomic mass is 16.3. The summed E-state index contributed by atoms with van der Waals surface area (Å²) in [6, 6.07) is 10.2. The third-order valence-electron chi connectivity index (χ3n) is 3.13. The molecule has 3 nitrogen and oxygen atoms in total. The third-order valence-corrected chi connectivity index (χ3v) is 3.13. The van der Waals surface area contributed by atoms with Crippen LogP contribution in [0, 0.1) is 6.92 Å². The Balaban J connectivity index is 2.44. The van der Waals surface area contributed by atoms with Crippen molar-refractivity contribution in [3.63, 3.8) is 0 Å². The molecule has 0 saturated carbocycles. The van der Waals surface area contributed by atoms with Crippen molar-refractivity contribution in [1.29, 1.82) is 0 Å². The predicted molar refractivity (Wildman–Crippen MR) is 73.8 cm³/mol. The van der Waals surface area contributed by atoms with Gasteiger partial charge in [0.05, 0.1) is 0 Å². The van der Waals surface area contributed by atoms with Crippen molar-refractivity contribution in [1.82, 2.24) is 0 Å². The average molecular weight is 256 g/mol. The lowest BCUT2D eigenvalue weighted by Gasteiger charge is -2.08. The number of carbonyl (C=O) groups is 1. The fourth-order valence-corrected chi connectivity index (χ4v) is 1.95. The molecule has 0 aliphatic heterocycles. The van der Waals surface area contributed by atoms with Crippen molar-refractivity contribution in [2.45, 2.75) is 20.3 Å². The molecule has 2 rings (SSSR count). The van der Waals surface area contributed by atoms with Gasteiger partial charge in [-0.2, -0.15) is 0 Å². The van der Waals surface area contributed by atoms with Gasteiger partial charge in [-0.05, 0) is 31.0 Å². The fourth-order valence-electron chi connectivity index (χ4n) is 1.95. The Hall–Kier alpha value is -2.29. The van der Waals surface area contributed by atoms with Crippen LogP contribution < -0.4 is 0 Å². The molecular formula is C16H16O3. The molecule has 0 heterocycles. The van der Waals surface area contributed by atoms with E-state index in [0.717, 1.165) is 5.56 Å². The van der Waals surface area contributed by atoms with Crippen LogP contribution in [0.5, 0.6) is 11.5 Å². The van der Waals surface area contributed by atoms with E-state index in [1.165, 1.54) is 6.07 Å². The minimum absolute atomic E-state index is 0.150. The van der Waals surface area contributed by atoms with E-state index in [-0.39, 0.29) is 17.3 Å². The van der Waals surface area contributed by atoms with E-state index in [9.17, 15) is 15.0 Å². The van der Waals surface area contributed by atoms with Crippen molar-refractivity contribution in [2.24, 2.45) is 0 Å². The highest BCUT2D eigenvalue weighted by Gasteiger charge is 2.14. The number of benzene rings is 2. The van der Waals surface area contributed by atoms with Crippen LogP contribution in [0.3, 0.4) is 0 Å². The smallest absolute Gasteiger partial charge is 0.193 e. The molecule has 98 valence electrons. The van der Waals surface area contributed by atoms with Gasteiger partial charge < -0.3 is 10.2 Å². The van der Waals surface area contributed by atoms with Crippen molar-refractivity contribution in [3.8, 4) is 11.5 Å². The third kappa shape index (κ3) is 2.60. The first-order chi connectivity index (χ1) is 9.02. The number of phenols is 2. The number of aromatic hydroxyl groups is 2. The molecule has 0 fully saturated rings. The van der Waals surface area contributed by atoms with Gasteiger partial charge in [0.2, 0.25) is 0 Å². The van der Waals surface area contributed by atoms with Crippen LogP contribution in [0.1, 0.15) is 34.0 Å². The second kappa shape index (κ2) is 5.14. The summed E-state index contributed by atoms with van der Waals surface area (Å²) in [5.41, 5.74) is 2.60. The van der Waals surface area contributed by atoms with Crippen molar-refractivity contribution in [3.05, 3.63) is 58.7 Å². The van der Waals surface area contributed by atoms with Crippen LogP contribution in [0.15, 0.2) is 36.4 Å². The van der Waals surface area contributed by atoms with Crippen molar-refractivity contribution in [2.75, 3.05) is 0 Å². The molecule has 0 amide bonds. The minimum atomic E-state index is -0.255. The number of phenolic OH excluding ortho intramolecular Hbond substituents is 2. The van der Waals surface area contributed by atoms with Gasteiger partial charge in [0.15, 0.2) is 17.3 Å². The lowest BCUT2D eigenvalue weighted by Crippen LogP contribution is -2.02. The highest BCUT2D eigenvalue weighted by Crippen LogP contribution is 2.31. The maximum atomic E-state index is 12.3. The second-order valence-corrected chi connectivity index (χ2v) is 4.55. The lowest BCUT2D eigenvalue weighted by atomic mass is 9.99. The van der Waals surface area contributed by atoms with E-state index in [4.69, 9.17) is 0 Å². The molecule has 0 atom stereocenters. The number of ketones is 1. The Bertz CT molecular complexity index is 613. The summed E-state index contributed by atoms with van der Waals surface area (Å²) in [4.78, 5) is 12.3. The molecule has 2 aromatic carbocycles. The molecule has 2 N–H and O–H groups in total. The maximum absolute atomic E-state index is 12.3. The summed E-state index contributed by atoms with van der Waals surface area (Å²) < 4.78 is 0. The summed E-state index contributed by atoms with van der Waals surface area (Å²) in [5, 5.41) is 19.3. The zero-order chi connectivity index (χ0) is 14.0. The number of carbonyl (C=O) groups excluding carboxylic acids is 1. The van der Waals surface area contributed by atoms with Gasteiger partial charge in [-0.3, -0.25) is 4.79 Å². The van der Waals surface area contributed by atoms with Crippen LogP contribution in [0.4, 0.5) is 0 Å². The SMILES string of the molecule is CCc1cc(C(=O)c2ccc(C)cc2)cc(O)c1O. The molecule has 0 aliphatic rings. The standard InChI is InChI=1S/C16H16O3/c1-3-11-8-13(9-14(17)16(11)19)15(18)12-6-4-10(2)5-7-12/h4-9,17,19H,3H2,1-2H3. The molecule has 0 spiro atoms.